The highest BCUT2D eigenvalue weighted by atomic mass is 35.5. The van der Waals surface area contributed by atoms with Gasteiger partial charge in [0.05, 0.1) is 20.3 Å². The number of aromatic nitrogens is 3. The molecule has 3 rings (SSSR count). The summed E-state index contributed by atoms with van der Waals surface area (Å²) in [4.78, 5) is 21.2. The van der Waals surface area contributed by atoms with Gasteiger partial charge in [0, 0.05) is 25.0 Å². The van der Waals surface area contributed by atoms with Crippen molar-refractivity contribution in [3.8, 4) is 11.5 Å². The molecule has 0 aliphatic carbocycles. The van der Waals surface area contributed by atoms with E-state index in [1.165, 1.54) is 0 Å². The number of hydrogen-bond acceptors (Lipinski definition) is 5. The SMILES string of the molecule is COc1cc(OC)cc(C(C)NC(=O)c2cc(Cn3ccnc3C)cc(Cl)n2)c1. The van der Waals surface area contributed by atoms with Crippen LogP contribution >= 0.6 is 11.6 Å². The van der Waals surface area contributed by atoms with E-state index in [9.17, 15) is 4.79 Å². The maximum absolute atomic E-state index is 12.8. The lowest BCUT2D eigenvalue weighted by atomic mass is 10.1. The highest BCUT2D eigenvalue weighted by molar-refractivity contribution is 6.29. The fraction of sp³-hybridized carbons (Fsp3) is 0.286. The smallest absolute Gasteiger partial charge is 0.270 e. The quantitative estimate of drug-likeness (QED) is 0.595. The van der Waals surface area contributed by atoms with Crippen LogP contribution in [-0.2, 0) is 6.54 Å². The Hall–Kier alpha value is -3.06. The predicted octanol–water partition coefficient (Wildman–Crippen LogP) is 3.80. The van der Waals surface area contributed by atoms with E-state index in [1.807, 2.05) is 36.7 Å². The van der Waals surface area contributed by atoms with Crippen molar-refractivity contribution in [1.82, 2.24) is 19.9 Å². The van der Waals surface area contributed by atoms with E-state index < -0.39 is 0 Å². The molecular weight excluding hydrogens is 392 g/mol. The first kappa shape index (κ1) is 20.7. The normalized spacial score (nSPS) is 11.8. The summed E-state index contributed by atoms with van der Waals surface area (Å²) in [6.07, 6.45) is 3.61. The summed E-state index contributed by atoms with van der Waals surface area (Å²) in [5.41, 5.74) is 1.98. The molecule has 152 valence electrons. The van der Waals surface area contributed by atoms with E-state index in [0.717, 1.165) is 17.0 Å². The maximum Gasteiger partial charge on any atom is 0.270 e. The Labute approximate surface area is 174 Å². The molecule has 0 saturated carbocycles. The standard InChI is InChI=1S/C21H23ClN4O3/c1-13(16-9-17(28-3)11-18(10-16)29-4)24-21(27)19-7-15(8-20(22)25-19)12-26-6-5-23-14(26)2/h5-11,13H,12H2,1-4H3,(H,24,27). The molecular formula is C21H23ClN4O3. The Morgan fingerprint density at radius 3 is 2.45 bits per heavy atom. The first-order valence-corrected chi connectivity index (χ1v) is 9.45. The second-order valence-electron chi connectivity index (χ2n) is 6.63. The number of nitrogens with zero attached hydrogens (tertiary/aromatic N) is 3. The third kappa shape index (κ3) is 5.06. The van der Waals surface area contributed by atoms with Crippen molar-refractivity contribution in [3.63, 3.8) is 0 Å². The number of carbonyl (C=O) groups is 1. The molecule has 0 saturated heterocycles. The van der Waals surface area contributed by atoms with Crippen LogP contribution in [0.25, 0.3) is 0 Å². The summed E-state index contributed by atoms with van der Waals surface area (Å²) in [5.74, 6) is 1.87. The van der Waals surface area contributed by atoms with Gasteiger partial charge in [-0.3, -0.25) is 4.79 Å². The number of hydrogen-bond donors (Lipinski definition) is 1. The lowest BCUT2D eigenvalue weighted by Gasteiger charge is -2.17. The van der Waals surface area contributed by atoms with Gasteiger partial charge >= 0.3 is 0 Å². The lowest BCUT2D eigenvalue weighted by molar-refractivity contribution is 0.0934. The molecule has 0 aliphatic heterocycles. The summed E-state index contributed by atoms with van der Waals surface area (Å²) >= 11 is 6.16. The van der Waals surface area contributed by atoms with Crippen molar-refractivity contribution in [2.24, 2.45) is 0 Å². The Balaban J connectivity index is 1.79. The van der Waals surface area contributed by atoms with Crippen molar-refractivity contribution in [2.45, 2.75) is 26.4 Å². The molecule has 3 aromatic rings. The lowest BCUT2D eigenvalue weighted by Crippen LogP contribution is -2.27. The van der Waals surface area contributed by atoms with Gasteiger partial charge < -0.3 is 19.4 Å². The number of nitrogens with one attached hydrogen (secondary N) is 1. The number of benzene rings is 1. The molecule has 7 nitrogen and oxygen atoms in total. The van der Waals surface area contributed by atoms with E-state index in [1.54, 1.807) is 38.6 Å². The first-order valence-electron chi connectivity index (χ1n) is 9.07. The zero-order valence-corrected chi connectivity index (χ0v) is 17.5. The number of rotatable bonds is 7. The van der Waals surface area contributed by atoms with Crippen LogP contribution in [0.1, 0.15) is 40.4 Å². The van der Waals surface area contributed by atoms with E-state index in [2.05, 4.69) is 15.3 Å². The fourth-order valence-corrected chi connectivity index (χ4v) is 3.19. The van der Waals surface area contributed by atoms with E-state index in [-0.39, 0.29) is 22.8 Å². The second kappa shape index (κ2) is 8.96. The Morgan fingerprint density at radius 1 is 1.17 bits per heavy atom. The highest BCUT2D eigenvalue weighted by Crippen LogP contribution is 2.26. The Kier molecular flexibility index (Phi) is 6.39. The zero-order valence-electron chi connectivity index (χ0n) is 16.8. The van der Waals surface area contributed by atoms with Gasteiger partial charge in [0.1, 0.15) is 28.2 Å². The van der Waals surface area contributed by atoms with Gasteiger partial charge in [-0.2, -0.15) is 0 Å². The van der Waals surface area contributed by atoms with Crippen LogP contribution in [0.3, 0.4) is 0 Å². The zero-order chi connectivity index (χ0) is 21.0. The van der Waals surface area contributed by atoms with Crippen LogP contribution in [-0.4, -0.2) is 34.7 Å². The highest BCUT2D eigenvalue weighted by Gasteiger charge is 2.16. The molecule has 0 fully saturated rings. The molecule has 0 radical (unpaired) electrons. The molecule has 1 N–H and O–H groups in total. The summed E-state index contributed by atoms with van der Waals surface area (Å²) in [7, 11) is 3.17. The number of imidazole rings is 1. The molecule has 1 aromatic carbocycles. The molecule has 29 heavy (non-hydrogen) atoms. The number of amides is 1. The molecule has 1 unspecified atom stereocenters. The van der Waals surface area contributed by atoms with Crippen LogP contribution in [0.4, 0.5) is 0 Å². The van der Waals surface area contributed by atoms with Crippen LogP contribution < -0.4 is 14.8 Å². The molecule has 8 heteroatoms. The number of methoxy groups -OCH3 is 2. The van der Waals surface area contributed by atoms with Gasteiger partial charge in [-0.05, 0) is 49.2 Å². The average Bonchev–Trinajstić information content (AvgIpc) is 3.11. The monoisotopic (exact) mass is 414 g/mol. The van der Waals surface area contributed by atoms with Crippen molar-refractivity contribution in [1.29, 1.82) is 0 Å². The number of ether oxygens (including phenoxy) is 2. The molecule has 1 amide bonds. The first-order chi connectivity index (χ1) is 13.9. The third-order valence-corrected chi connectivity index (χ3v) is 4.78. The summed E-state index contributed by atoms with van der Waals surface area (Å²) in [5, 5.41) is 3.21. The van der Waals surface area contributed by atoms with E-state index >= 15 is 0 Å². The minimum Gasteiger partial charge on any atom is -0.497 e. The average molecular weight is 415 g/mol. The number of halogens is 1. The van der Waals surface area contributed by atoms with E-state index in [0.29, 0.717) is 18.0 Å². The van der Waals surface area contributed by atoms with Crippen LogP contribution in [0, 0.1) is 6.92 Å². The minimum absolute atomic E-state index is 0.256. The molecule has 2 aromatic heterocycles. The van der Waals surface area contributed by atoms with Gasteiger partial charge in [0.2, 0.25) is 0 Å². The third-order valence-electron chi connectivity index (χ3n) is 4.58. The van der Waals surface area contributed by atoms with Gasteiger partial charge in [-0.1, -0.05) is 11.6 Å². The van der Waals surface area contributed by atoms with Crippen molar-refractivity contribution >= 4 is 17.5 Å². The Morgan fingerprint density at radius 2 is 1.86 bits per heavy atom. The van der Waals surface area contributed by atoms with Gasteiger partial charge in [-0.25, -0.2) is 9.97 Å². The van der Waals surface area contributed by atoms with Crippen molar-refractivity contribution in [3.05, 3.63) is 70.5 Å². The summed E-state index contributed by atoms with van der Waals surface area (Å²) < 4.78 is 12.6. The topological polar surface area (TPSA) is 78.3 Å². The number of pyridine rings is 1. The number of carbonyl (C=O) groups excluding carboxylic acids is 1. The minimum atomic E-state index is -0.314. The maximum atomic E-state index is 12.8. The largest absolute Gasteiger partial charge is 0.497 e. The van der Waals surface area contributed by atoms with Crippen molar-refractivity contribution in [2.75, 3.05) is 14.2 Å². The molecule has 1 atom stereocenters. The van der Waals surface area contributed by atoms with Crippen molar-refractivity contribution < 1.29 is 14.3 Å². The number of aryl methyl sites for hydroxylation is 1. The van der Waals surface area contributed by atoms with Gasteiger partial charge in [0.25, 0.3) is 5.91 Å². The molecule has 0 spiro atoms. The second-order valence-corrected chi connectivity index (χ2v) is 7.01. The molecule has 0 bridgehead atoms. The predicted molar refractivity (Wildman–Crippen MR) is 111 cm³/mol. The van der Waals surface area contributed by atoms with E-state index in [4.69, 9.17) is 21.1 Å². The van der Waals surface area contributed by atoms with Gasteiger partial charge in [0.15, 0.2) is 0 Å². The van der Waals surface area contributed by atoms with Crippen LogP contribution in [0.15, 0.2) is 42.7 Å². The molecule has 2 heterocycles. The fourth-order valence-electron chi connectivity index (χ4n) is 2.96. The molecule has 0 aliphatic rings. The van der Waals surface area contributed by atoms with Crippen LogP contribution in [0.2, 0.25) is 5.15 Å². The Bertz CT molecular complexity index is 997. The van der Waals surface area contributed by atoms with Crippen LogP contribution in [0.5, 0.6) is 11.5 Å². The van der Waals surface area contributed by atoms with Gasteiger partial charge in [-0.15, -0.1) is 0 Å². The summed E-state index contributed by atoms with van der Waals surface area (Å²) in [6.45, 7) is 4.35. The summed E-state index contributed by atoms with van der Waals surface area (Å²) in [6, 6.07) is 8.68.